The first-order chi connectivity index (χ1) is 14.7. The fraction of sp³-hybridized carbons (Fsp3) is 0.500. The Bertz CT molecular complexity index is 1110. The molecule has 0 spiro atoms. The fourth-order valence-corrected chi connectivity index (χ4v) is 5.93. The van der Waals surface area contributed by atoms with Crippen molar-refractivity contribution in [1.29, 1.82) is 0 Å². The topological polar surface area (TPSA) is 75.8 Å². The lowest BCUT2D eigenvalue weighted by molar-refractivity contribution is 0.0923. The number of furan rings is 1. The van der Waals surface area contributed by atoms with E-state index in [2.05, 4.69) is 15.5 Å². The highest BCUT2D eigenvalue weighted by Gasteiger charge is 2.28. The Balaban J connectivity index is 1.35. The molecule has 6 nitrogen and oxygen atoms in total. The molecule has 2 aliphatic carbocycles. The molecule has 3 aromatic rings. The van der Waals surface area contributed by atoms with Crippen LogP contribution in [0.15, 0.2) is 28.7 Å². The van der Waals surface area contributed by atoms with Crippen LogP contribution in [0.2, 0.25) is 0 Å². The second kappa shape index (κ2) is 8.59. The van der Waals surface area contributed by atoms with Gasteiger partial charge in [0.2, 0.25) is 0 Å². The van der Waals surface area contributed by atoms with E-state index in [1.54, 1.807) is 0 Å². The number of para-hydroxylation sites is 1. The highest BCUT2D eigenvalue weighted by atomic mass is 32.2. The number of nitrogens with zero attached hydrogens (tertiary/aromatic N) is 2. The summed E-state index contributed by atoms with van der Waals surface area (Å²) < 4.78 is 8.65. The van der Waals surface area contributed by atoms with Crippen LogP contribution in [0.4, 0.5) is 0 Å². The van der Waals surface area contributed by atoms with Crippen LogP contribution in [-0.2, 0) is 12.3 Å². The van der Waals surface area contributed by atoms with Gasteiger partial charge in [-0.3, -0.25) is 14.5 Å². The Morgan fingerprint density at radius 1 is 1.23 bits per heavy atom. The molecule has 2 saturated carbocycles. The van der Waals surface area contributed by atoms with Crippen molar-refractivity contribution >= 4 is 40.9 Å². The average molecular weight is 443 g/mol. The molecular formula is C22H26N4O2S2. The van der Waals surface area contributed by atoms with E-state index in [0.717, 1.165) is 41.0 Å². The number of rotatable bonds is 7. The summed E-state index contributed by atoms with van der Waals surface area (Å²) in [6.45, 7) is 0.328. The number of benzene rings is 1. The van der Waals surface area contributed by atoms with E-state index < -0.39 is 0 Å². The molecule has 2 fully saturated rings. The molecule has 2 heterocycles. The summed E-state index contributed by atoms with van der Waals surface area (Å²) in [5.41, 5.74) is 1.77. The summed E-state index contributed by atoms with van der Waals surface area (Å²) in [5.74, 6) is 1.80. The lowest BCUT2D eigenvalue weighted by Crippen LogP contribution is -2.25. The normalized spacial score (nSPS) is 17.5. The van der Waals surface area contributed by atoms with Crippen molar-refractivity contribution in [2.24, 2.45) is 0 Å². The van der Waals surface area contributed by atoms with Crippen LogP contribution in [0.1, 0.15) is 72.9 Å². The Kier molecular flexibility index (Phi) is 5.69. The molecule has 1 amide bonds. The molecule has 5 rings (SSSR count). The number of hydrogen-bond acceptors (Lipinski definition) is 5. The second-order valence-electron chi connectivity index (χ2n) is 8.21. The Morgan fingerprint density at radius 3 is 2.83 bits per heavy atom. The predicted molar refractivity (Wildman–Crippen MR) is 121 cm³/mol. The van der Waals surface area contributed by atoms with Crippen molar-refractivity contribution < 1.29 is 9.21 Å². The van der Waals surface area contributed by atoms with Gasteiger partial charge in [-0.1, -0.05) is 37.5 Å². The molecule has 30 heavy (non-hydrogen) atoms. The highest BCUT2D eigenvalue weighted by molar-refractivity contribution is 7.99. The van der Waals surface area contributed by atoms with Gasteiger partial charge in [0, 0.05) is 28.0 Å². The third kappa shape index (κ3) is 4.07. The summed E-state index contributed by atoms with van der Waals surface area (Å²) in [6, 6.07) is 8.33. The molecule has 0 radical (unpaired) electrons. The molecule has 0 bridgehead atoms. The number of thioether (sulfide) groups is 1. The van der Waals surface area contributed by atoms with Gasteiger partial charge in [-0.15, -0.1) is 0 Å². The number of aromatic amines is 1. The molecule has 2 aliphatic rings. The predicted octanol–water partition coefficient (Wildman–Crippen LogP) is 5.52. The van der Waals surface area contributed by atoms with Crippen molar-refractivity contribution in [3.05, 3.63) is 46.2 Å². The quantitative estimate of drug-likeness (QED) is 0.471. The highest BCUT2D eigenvalue weighted by Crippen LogP contribution is 2.36. The first kappa shape index (κ1) is 19.9. The van der Waals surface area contributed by atoms with Crippen molar-refractivity contribution in [1.82, 2.24) is 20.1 Å². The molecule has 0 aliphatic heterocycles. The van der Waals surface area contributed by atoms with Gasteiger partial charge < -0.3 is 9.73 Å². The SMILES string of the molecule is O=C(NCc1n[nH]c(=S)n1C1CC1)c1oc2ccccc2c1CSC1CCCCC1. The fourth-order valence-electron chi connectivity index (χ4n) is 4.27. The second-order valence-corrected chi connectivity index (χ2v) is 9.88. The Morgan fingerprint density at radius 2 is 2.03 bits per heavy atom. The summed E-state index contributed by atoms with van der Waals surface area (Å²) in [4.78, 5) is 13.1. The number of carbonyl (C=O) groups is 1. The first-order valence-corrected chi connectivity index (χ1v) is 12.2. The molecule has 0 saturated heterocycles. The molecule has 8 heteroatoms. The summed E-state index contributed by atoms with van der Waals surface area (Å²) in [6.07, 6.45) is 8.73. The maximum absolute atomic E-state index is 13.1. The minimum absolute atomic E-state index is 0.193. The maximum atomic E-state index is 13.1. The number of H-pyrrole nitrogens is 1. The van der Waals surface area contributed by atoms with Crippen molar-refractivity contribution in [2.45, 2.75) is 68.5 Å². The minimum Gasteiger partial charge on any atom is -0.451 e. The minimum atomic E-state index is -0.193. The van der Waals surface area contributed by atoms with Crippen LogP contribution in [0.25, 0.3) is 11.0 Å². The van der Waals surface area contributed by atoms with E-state index in [-0.39, 0.29) is 5.91 Å². The number of aromatic nitrogens is 3. The van der Waals surface area contributed by atoms with E-state index in [1.165, 1.54) is 32.1 Å². The van der Waals surface area contributed by atoms with E-state index in [1.807, 2.05) is 40.6 Å². The number of nitrogens with one attached hydrogen (secondary N) is 2. The zero-order valence-electron chi connectivity index (χ0n) is 16.9. The van der Waals surface area contributed by atoms with Crippen molar-refractivity contribution in [3.63, 3.8) is 0 Å². The summed E-state index contributed by atoms with van der Waals surface area (Å²) >= 11 is 7.29. The molecule has 0 atom stereocenters. The van der Waals surface area contributed by atoms with Gasteiger partial charge in [0.25, 0.3) is 5.91 Å². The van der Waals surface area contributed by atoms with Gasteiger partial charge in [0.05, 0.1) is 6.54 Å². The van der Waals surface area contributed by atoms with Crippen LogP contribution in [-0.4, -0.2) is 25.9 Å². The third-order valence-electron chi connectivity index (χ3n) is 6.02. The average Bonchev–Trinajstić information content (AvgIpc) is 3.44. The summed E-state index contributed by atoms with van der Waals surface area (Å²) in [7, 11) is 0. The van der Waals surface area contributed by atoms with Crippen molar-refractivity contribution in [2.75, 3.05) is 0 Å². The zero-order valence-corrected chi connectivity index (χ0v) is 18.5. The van der Waals surface area contributed by atoms with E-state index in [4.69, 9.17) is 16.6 Å². The maximum Gasteiger partial charge on any atom is 0.287 e. The van der Waals surface area contributed by atoms with Crippen LogP contribution in [0.5, 0.6) is 0 Å². The molecular weight excluding hydrogens is 416 g/mol. The van der Waals surface area contributed by atoms with E-state index in [9.17, 15) is 4.79 Å². The number of hydrogen-bond donors (Lipinski definition) is 2. The van der Waals surface area contributed by atoms with Gasteiger partial charge >= 0.3 is 0 Å². The Hall–Kier alpha value is -2.06. The number of fused-ring (bicyclic) bond motifs is 1. The number of carbonyl (C=O) groups excluding carboxylic acids is 1. The monoisotopic (exact) mass is 442 g/mol. The van der Waals surface area contributed by atoms with Gasteiger partial charge in [0.15, 0.2) is 16.4 Å². The van der Waals surface area contributed by atoms with Crippen LogP contribution in [0, 0.1) is 4.77 Å². The van der Waals surface area contributed by atoms with E-state index in [0.29, 0.717) is 28.4 Å². The standard InChI is InChI=1S/C22H26N4O2S2/c27-21(23-12-19-24-25-22(29)26(19)14-10-11-14)20-17(13-30-15-6-2-1-3-7-15)16-8-4-5-9-18(16)28-20/h4-5,8-9,14-15H,1-3,6-7,10-13H2,(H,23,27)(H,25,29). The lowest BCUT2D eigenvalue weighted by Gasteiger charge is -2.20. The van der Waals surface area contributed by atoms with Crippen molar-refractivity contribution in [3.8, 4) is 0 Å². The van der Waals surface area contributed by atoms with Gasteiger partial charge in [-0.05, 0) is 44.0 Å². The summed E-state index contributed by atoms with van der Waals surface area (Å²) in [5, 5.41) is 11.9. The molecule has 1 aromatic carbocycles. The van der Waals surface area contributed by atoms with E-state index >= 15 is 0 Å². The lowest BCUT2D eigenvalue weighted by atomic mass is 10.0. The molecule has 0 unspecified atom stereocenters. The Labute approximate surface area is 184 Å². The first-order valence-electron chi connectivity index (χ1n) is 10.8. The largest absolute Gasteiger partial charge is 0.451 e. The smallest absolute Gasteiger partial charge is 0.287 e. The van der Waals surface area contributed by atoms with Gasteiger partial charge in [0.1, 0.15) is 5.58 Å². The molecule has 158 valence electrons. The van der Waals surface area contributed by atoms with Crippen LogP contribution >= 0.6 is 24.0 Å². The molecule has 2 aromatic heterocycles. The molecule has 2 N–H and O–H groups in total. The number of amides is 1. The van der Waals surface area contributed by atoms with Gasteiger partial charge in [-0.25, -0.2) is 0 Å². The van der Waals surface area contributed by atoms with Crippen LogP contribution in [0.3, 0.4) is 0 Å². The zero-order chi connectivity index (χ0) is 20.5. The van der Waals surface area contributed by atoms with Gasteiger partial charge in [-0.2, -0.15) is 16.9 Å². The van der Waals surface area contributed by atoms with Crippen LogP contribution < -0.4 is 5.32 Å². The third-order valence-corrected chi connectivity index (χ3v) is 7.70.